The maximum atomic E-state index is 12.8. The fraction of sp³-hybridized carbons (Fsp3) is 0.474. The lowest BCUT2D eigenvalue weighted by Gasteiger charge is -2.28. The Balaban J connectivity index is 1.66. The van der Waals surface area contributed by atoms with Crippen LogP contribution in [0.4, 0.5) is 0 Å². The van der Waals surface area contributed by atoms with Crippen LogP contribution in [0.2, 0.25) is 0 Å². The van der Waals surface area contributed by atoms with E-state index in [0.717, 1.165) is 30.5 Å². The molecule has 1 fully saturated rings. The van der Waals surface area contributed by atoms with E-state index in [2.05, 4.69) is 21.0 Å². The Labute approximate surface area is 148 Å². The summed E-state index contributed by atoms with van der Waals surface area (Å²) in [5.74, 6) is 0.167. The number of ether oxygens (including phenoxy) is 1. The van der Waals surface area contributed by atoms with E-state index in [0.29, 0.717) is 19.4 Å². The average molecular weight is 340 g/mol. The summed E-state index contributed by atoms with van der Waals surface area (Å²) in [5, 5.41) is 0. The molecule has 1 aliphatic rings. The number of likely N-dealkylation sites (tertiary alicyclic amines) is 1. The van der Waals surface area contributed by atoms with Gasteiger partial charge in [0, 0.05) is 44.4 Å². The lowest BCUT2D eigenvalue weighted by atomic mass is 10.0. The summed E-state index contributed by atoms with van der Waals surface area (Å²) in [7, 11) is 0. The van der Waals surface area contributed by atoms with Crippen molar-refractivity contribution in [1.29, 1.82) is 0 Å². The second-order valence-electron chi connectivity index (χ2n) is 6.25. The van der Waals surface area contributed by atoms with Gasteiger partial charge in [-0.15, -0.1) is 0 Å². The number of aromatic nitrogens is 3. The minimum absolute atomic E-state index is 0.0728. The van der Waals surface area contributed by atoms with E-state index in [-0.39, 0.29) is 18.1 Å². The topological polar surface area (TPSA) is 68.2 Å². The predicted molar refractivity (Wildman–Crippen MR) is 93.8 cm³/mol. The maximum Gasteiger partial charge on any atom is 0.223 e. The van der Waals surface area contributed by atoms with Gasteiger partial charge in [0.25, 0.3) is 0 Å². The molecule has 0 radical (unpaired) electrons. The van der Waals surface area contributed by atoms with Gasteiger partial charge in [-0.2, -0.15) is 0 Å². The van der Waals surface area contributed by atoms with Gasteiger partial charge in [-0.05, 0) is 43.4 Å². The Morgan fingerprint density at radius 1 is 1.24 bits per heavy atom. The molecule has 3 rings (SSSR count). The summed E-state index contributed by atoms with van der Waals surface area (Å²) in [5.41, 5.74) is 2.12. The molecule has 1 aliphatic heterocycles. The zero-order valence-corrected chi connectivity index (χ0v) is 14.5. The van der Waals surface area contributed by atoms with Crippen LogP contribution in [-0.4, -0.2) is 51.1 Å². The third kappa shape index (κ3) is 4.60. The number of carbonyl (C=O) groups is 1. The first-order valence-electron chi connectivity index (χ1n) is 8.81. The first kappa shape index (κ1) is 17.5. The van der Waals surface area contributed by atoms with E-state index in [4.69, 9.17) is 4.74 Å². The van der Waals surface area contributed by atoms with E-state index < -0.39 is 0 Å². The summed E-state index contributed by atoms with van der Waals surface area (Å²) >= 11 is 0. The molecular weight excluding hydrogens is 316 g/mol. The van der Waals surface area contributed by atoms with Crippen LogP contribution in [0.1, 0.15) is 30.9 Å². The summed E-state index contributed by atoms with van der Waals surface area (Å²) in [6.45, 7) is 3.42. The Kier molecular flexibility index (Phi) is 6.06. The van der Waals surface area contributed by atoms with E-state index in [1.165, 1.54) is 6.33 Å². The highest BCUT2D eigenvalue weighted by Crippen LogP contribution is 2.25. The highest BCUT2D eigenvalue weighted by molar-refractivity contribution is 5.77. The number of nitrogens with zero attached hydrogens (tertiary/aromatic N) is 4. The van der Waals surface area contributed by atoms with Crippen molar-refractivity contribution in [2.45, 2.75) is 44.8 Å². The molecule has 0 bridgehead atoms. The Morgan fingerprint density at radius 3 is 2.76 bits per heavy atom. The first-order chi connectivity index (χ1) is 12.3. The summed E-state index contributed by atoms with van der Waals surface area (Å²) < 4.78 is 5.90. The summed E-state index contributed by atoms with van der Waals surface area (Å²) in [6.07, 6.45) is 11.6. The second kappa shape index (κ2) is 8.67. The Bertz CT molecular complexity index is 666. The molecular formula is C19H24N4O2. The molecule has 0 aliphatic carbocycles. The van der Waals surface area contributed by atoms with Gasteiger partial charge >= 0.3 is 0 Å². The minimum atomic E-state index is 0.0728. The Hall–Kier alpha value is -2.34. The molecule has 1 amide bonds. The van der Waals surface area contributed by atoms with Crippen LogP contribution in [0.5, 0.6) is 0 Å². The zero-order chi connectivity index (χ0) is 17.5. The normalized spacial score (nSPS) is 20.0. The predicted octanol–water partition coefficient (Wildman–Crippen LogP) is 2.05. The monoisotopic (exact) mass is 340 g/mol. The molecule has 1 saturated heterocycles. The van der Waals surface area contributed by atoms with Gasteiger partial charge in [0.2, 0.25) is 5.91 Å². The molecule has 25 heavy (non-hydrogen) atoms. The van der Waals surface area contributed by atoms with Crippen molar-refractivity contribution in [3.63, 3.8) is 0 Å². The average Bonchev–Trinajstić information content (AvgIpc) is 3.04. The lowest BCUT2D eigenvalue weighted by Crippen LogP contribution is -2.42. The highest BCUT2D eigenvalue weighted by atomic mass is 16.5. The van der Waals surface area contributed by atoms with Gasteiger partial charge in [-0.25, -0.2) is 9.97 Å². The lowest BCUT2D eigenvalue weighted by molar-refractivity contribution is -0.133. The van der Waals surface area contributed by atoms with Crippen molar-refractivity contribution in [3.8, 4) is 0 Å². The maximum absolute atomic E-state index is 12.8. The van der Waals surface area contributed by atoms with Crippen LogP contribution >= 0.6 is 0 Å². The standard InChI is InChI=1S/C19H24N4O2/c1-2-25-18-7-9-23(17(18)10-15-4-3-8-20-11-15)19(24)6-5-16-12-21-14-22-13-16/h3-4,8,11-14,17-18H,2,5-7,9-10H2,1H3/t17-,18-/m0/s1. The molecule has 0 N–H and O–H groups in total. The molecule has 6 nitrogen and oxygen atoms in total. The summed E-state index contributed by atoms with van der Waals surface area (Å²) in [6, 6.07) is 4.06. The first-order valence-corrected chi connectivity index (χ1v) is 8.81. The summed E-state index contributed by atoms with van der Waals surface area (Å²) in [4.78, 5) is 27.0. The third-order valence-electron chi connectivity index (χ3n) is 4.59. The van der Waals surface area contributed by atoms with Gasteiger partial charge < -0.3 is 9.64 Å². The van der Waals surface area contributed by atoms with E-state index in [1.807, 2.05) is 24.1 Å². The number of hydrogen-bond acceptors (Lipinski definition) is 5. The molecule has 132 valence electrons. The van der Waals surface area contributed by atoms with Crippen molar-refractivity contribution in [1.82, 2.24) is 19.9 Å². The van der Waals surface area contributed by atoms with E-state index in [1.54, 1.807) is 18.6 Å². The van der Waals surface area contributed by atoms with Gasteiger partial charge in [0.1, 0.15) is 6.33 Å². The number of amides is 1. The number of aryl methyl sites for hydroxylation is 1. The van der Waals surface area contributed by atoms with Crippen molar-refractivity contribution in [3.05, 3.63) is 54.4 Å². The highest BCUT2D eigenvalue weighted by Gasteiger charge is 2.37. The number of rotatable bonds is 7. The molecule has 3 heterocycles. The fourth-order valence-corrected chi connectivity index (χ4v) is 3.40. The van der Waals surface area contributed by atoms with Crippen molar-refractivity contribution < 1.29 is 9.53 Å². The number of pyridine rings is 1. The van der Waals surface area contributed by atoms with Crippen LogP contribution in [0.3, 0.4) is 0 Å². The molecule has 0 saturated carbocycles. The number of hydrogen-bond donors (Lipinski definition) is 0. The third-order valence-corrected chi connectivity index (χ3v) is 4.59. The van der Waals surface area contributed by atoms with Crippen molar-refractivity contribution >= 4 is 5.91 Å². The SMILES string of the molecule is CCO[C@H]1CCN(C(=O)CCc2cncnc2)[C@H]1Cc1cccnc1. The minimum Gasteiger partial charge on any atom is -0.376 e. The van der Waals surface area contributed by atoms with Crippen LogP contribution in [0, 0.1) is 0 Å². The molecule has 2 aromatic heterocycles. The second-order valence-corrected chi connectivity index (χ2v) is 6.25. The smallest absolute Gasteiger partial charge is 0.223 e. The van der Waals surface area contributed by atoms with Crippen molar-refractivity contribution in [2.75, 3.05) is 13.2 Å². The van der Waals surface area contributed by atoms with Crippen molar-refractivity contribution in [2.24, 2.45) is 0 Å². The fourth-order valence-electron chi connectivity index (χ4n) is 3.40. The molecule has 0 spiro atoms. The van der Waals surface area contributed by atoms with E-state index >= 15 is 0 Å². The van der Waals surface area contributed by atoms with Gasteiger partial charge in [0.15, 0.2) is 0 Å². The zero-order valence-electron chi connectivity index (χ0n) is 14.5. The van der Waals surface area contributed by atoms with Crippen LogP contribution in [-0.2, 0) is 22.4 Å². The van der Waals surface area contributed by atoms with Gasteiger partial charge in [-0.3, -0.25) is 9.78 Å². The quantitative estimate of drug-likeness (QED) is 0.772. The molecule has 2 atom stereocenters. The molecule has 6 heteroatoms. The van der Waals surface area contributed by atoms with Gasteiger partial charge in [-0.1, -0.05) is 6.07 Å². The van der Waals surface area contributed by atoms with Crippen LogP contribution in [0.25, 0.3) is 0 Å². The van der Waals surface area contributed by atoms with E-state index in [9.17, 15) is 4.79 Å². The van der Waals surface area contributed by atoms with Gasteiger partial charge in [0.05, 0.1) is 12.1 Å². The van der Waals surface area contributed by atoms with Crippen LogP contribution in [0.15, 0.2) is 43.2 Å². The molecule has 0 aromatic carbocycles. The number of carbonyl (C=O) groups excluding carboxylic acids is 1. The molecule has 2 aromatic rings. The van der Waals surface area contributed by atoms with Crippen LogP contribution < -0.4 is 0 Å². The Morgan fingerprint density at radius 2 is 2.04 bits per heavy atom. The molecule has 0 unspecified atom stereocenters. The largest absolute Gasteiger partial charge is 0.376 e.